The van der Waals surface area contributed by atoms with E-state index in [-0.39, 0.29) is 4.91 Å². The lowest BCUT2D eigenvalue weighted by Crippen LogP contribution is -2.14. The number of aryl methyl sites for hydroxylation is 1. The van der Waals surface area contributed by atoms with Crippen LogP contribution in [0, 0.1) is 6.92 Å². The van der Waals surface area contributed by atoms with E-state index in [0.717, 1.165) is 5.56 Å². The van der Waals surface area contributed by atoms with E-state index in [4.69, 9.17) is 5.14 Å². The van der Waals surface area contributed by atoms with Crippen LogP contribution in [-0.2, 0) is 10.0 Å². The predicted molar refractivity (Wildman–Crippen MR) is 58.1 cm³/mol. The van der Waals surface area contributed by atoms with Crippen molar-refractivity contribution in [2.75, 3.05) is 0 Å². The lowest BCUT2D eigenvalue weighted by Gasteiger charge is -2.04. The summed E-state index contributed by atoms with van der Waals surface area (Å²) in [5.41, 5.74) is 1.39. The fourth-order valence-electron chi connectivity index (χ4n) is 0.957. The predicted octanol–water partition coefficient (Wildman–Crippen LogP) is 0.824. The molecule has 2 N–H and O–H groups in total. The molecule has 0 atom stereocenters. The third-order valence-electron chi connectivity index (χ3n) is 2.07. The lowest BCUT2D eigenvalue weighted by atomic mass is 10.2. The van der Waals surface area contributed by atoms with Crippen LogP contribution in [0.1, 0.15) is 25.2 Å². The molecule has 0 aliphatic rings. The molecule has 0 amide bonds. The highest BCUT2D eigenvalue weighted by atomic mass is 32.2. The van der Waals surface area contributed by atoms with Crippen LogP contribution in [0.3, 0.4) is 0 Å². The van der Waals surface area contributed by atoms with Gasteiger partial charge >= 0.3 is 0 Å². The van der Waals surface area contributed by atoms with E-state index in [1.807, 2.05) is 6.92 Å². The molecule has 0 fully saturated rings. The summed E-state index contributed by atoms with van der Waals surface area (Å²) in [6, 6.07) is 0. The average molecular weight is 227 g/mol. The summed E-state index contributed by atoms with van der Waals surface area (Å²) in [4.78, 5) is 8.14. The van der Waals surface area contributed by atoms with Gasteiger partial charge in [-0.1, -0.05) is 0 Å². The molecule has 6 heteroatoms. The smallest absolute Gasteiger partial charge is 0.234 e. The van der Waals surface area contributed by atoms with Crippen molar-refractivity contribution in [2.24, 2.45) is 5.14 Å². The Morgan fingerprint density at radius 3 is 2.13 bits per heavy atom. The van der Waals surface area contributed by atoms with Crippen molar-refractivity contribution in [3.8, 4) is 0 Å². The van der Waals surface area contributed by atoms with E-state index < -0.39 is 10.0 Å². The van der Waals surface area contributed by atoms with Gasteiger partial charge < -0.3 is 0 Å². The van der Waals surface area contributed by atoms with Gasteiger partial charge in [-0.2, -0.15) is 0 Å². The van der Waals surface area contributed by atoms with Crippen LogP contribution in [0.4, 0.5) is 0 Å². The molecule has 5 nitrogen and oxygen atoms in total. The van der Waals surface area contributed by atoms with Crippen LogP contribution >= 0.6 is 0 Å². The highest BCUT2D eigenvalue weighted by Crippen LogP contribution is 2.16. The number of allylic oxidation sites excluding steroid dienone is 2. The Morgan fingerprint density at radius 2 is 1.73 bits per heavy atom. The molecule has 1 rings (SSSR count). The Labute approximate surface area is 89.1 Å². The quantitative estimate of drug-likeness (QED) is 0.810. The Balaban J connectivity index is 3.25. The Kier molecular flexibility index (Phi) is 3.21. The Hall–Kier alpha value is -1.27. The van der Waals surface area contributed by atoms with Crippen LogP contribution in [0.2, 0.25) is 0 Å². The molecule has 0 aliphatic carbocycles. The number of hydrogen-bond acceptors (Lipinski definition) is 4. The zero-order chi connectivity index (χ0) is 11.6. The van der Waals surface area contributed by atoms with Gasteiger partial charge in [-0.15, -0.1) is 0 Å². The molecular weight excluding hydrogens is 214 g/mol. The first-order chi connectivity index (χ1) is 6.82. The highest BCUT2D eigenvalue weighted by molar-refractivity contribution is 7.93. The molecule has 0 radical (unpaired) electrons. The molecule has 82 valence electrons. The van der Waals surface area contributed by atoms with E-state index >= 15 is 0 Å². The van der Waals surface area contributed by atoms with Gasteiger partial charge in [0.1, 0.15) is 0 Å². The van der Waals surface area contributed by atoms with Gasteiger partial charge in [0.05, 0.1) is 4.91 Å². The first-order valence-corrected chi connectivity index (χ1v) is 5.86. The molecule has 0 saturated heterocycles. The normalized spacial score (nSPS) is 13.6. The number of aromatic nitrogens is 2. The van der Waals surface area contributed by atoms with Crippen molar-refractivity contribution in [1.29, 1.82) is 0 Å². The molecular formula is C9H13N3O2S. The molecule has 15 heavy (non-hydrogen) atoms. The maximum atomic E-state index is 11.1. The monoisotopic (exact) mass is 227 g/mol. The molecule has 0 aromatic carbocycles. The van der Waals surface area contributed by atoms with Gasteiger partial charge in [0, 0.05) is 18.0 Å². The minimum Gasteiger partial charge on any atom is -0.237 e. The van der Waals surface area contributed by atoms with Gasteiger partial charge in [-0.05, 0) is 26.3 Å². The third-order valence-corrected chi connectivity index (χ3v) is 3.23. The average Bonchev–Trinajstić information content (AvgIpc) is 2.15. The Bertz CT molecular complexity index is 489. The summed E-state index contributed by atoms with van der Waals surface area (Å²) in [5, 5.41) is 5.01. The highest BCUT2D eigenvalue weighted by Gasteiger charge is 2.12. The molecule has 0 saturated carbocycles. The first-order valence-electron chi connectivity index (χ1n) is 4.31. The summed E-state index contributed by atoms with van der Waals surface area (Å²) in [6.45, 7) is 4.92. The topological polar surface area (TPSA) is 85.9 Å². The second-order valence-corrected chi connectivity index (χ2v) is 5.01. The Morgan fingerprint density at radius 1 is 1.27 bits per heavy atom. The largest absolute Gasteiger partial charge is 0.237 e. The van der Waals surface area contributed by atoms with Crippen LogP contribution in [-0.4, -0.2) is 18.4 Å². The molecule has 0 bridgehead atoms. The van der Waals surface area contributed by atoms with E-state index in [0.29, 0.717) is 11.4 Å². The van der Waals surface area contributed by atoms with Gasteiger partial charge in [0.15, 0.2) is 5.82 Å². The van der Waals surface area contributed by atoms with Crippen molar-refractivity contribution >= 4 is 15.6 Å². The minimum absolute atomic E-state index is 0.0892. The summed E-state index contributed by atoms with van der Waals surface area (Å²) >= 11 is 0. The molecule has 0 spiro atoms. The molecule has 0 unspecified atom stereocenters. The summed E-state index contributed by atoms with van der Waals surface area (Å²) in [7, 11) is -3.66. The maximum absolute atomic E-state index is 11.1. The number of nitrogens with two attached hydrogens (primary N) is 1. The van der Waals surface area contributed by atoms with Crippen LogP contribution in [0.25, 0.3) is 5.57 Å². The van der Waals surface area contributed by atoms with Gasteiger partial charge in [-0.3, -0.25) is 0 Å². The number of sulfonamides is 1. The van der Waals surface area contributed by atoms with Gasteiger partial charge in [-0.25, -0.2) is 23.5 Å². The second kappa shape index (κ2) is 4.08. The number of rotatable bonds is 2. The van der Waals surface area contributed by atoms with Gasteiger partial charge in [0.2, 0.25) is 10.0 Å². The molecule has 1 heterocycles. The molecule has 1 aromatic rings. The SMILES string of the molecule is C/C(=C(/C)S(N)(=O)=O)c1ncc(C)cn1. The van der Waals surface area contributed by atoms with Crippen molar-refractivity contribution in [2.45, 2.75) is 20.8 Å². The number of hydrogen-bond donors (Lipinski definition) is 1. The fraction of sp³-hybridized carbons (Fsp3) is 0.333. The fourth-order valence-corrected chi connectivity index (χ4v) is 1.48. The van der Waals surface area contributed by atoms with E-state index in [2.05, 4.69) is 9.97 Å². The summed E-state index contributed by atoms with van der Waals surface area (Å²) < 4.78 is 22.2. The first kappa shape index (κ1) is 11.8. The van der Waals surface area contributed by atoms with Crippen LogP contribution < -0.4 is 5.14 Å². The minimum atomic E-state index is -3.66. The summed E-state index contributed by atoms with van der Waals surface area (Å²) in [5.74, 6) is 0.382. The standard InChI is InChI=1S/C9H13N3O2S/c1-6-4-11-9(12-5-6)7(2)8(3)15(10,13)14/h4-5H,1-3H3,(H2,10,13,14)/b8-7+. The van der Waals surface area contributed by atoms with Crippen molar-refractivity contribution in [1.82, 2.24) is 9.97 Å². The van der Waals surface area contributed by atoms with E-state index in [1.165, 1.54) is 6.92 Å². The van der Waals surface area contributed by atoms with Crippen LogP contribution in [0.5, 0.6) is 0 Å². The van der Waals surface area contributed by atoms with Crippen LogP contribution in [0.15, 0.2) is 17.3 Å². The van der Waals surface area contributed by atoms with Gasteiger partial charge in [0.25, 0.3) is 0 Å². The maximum Gasteiger partial charge on any atom is 0.234 e. The number of nitrogens with zero attached hydrogens (tertiary/aromatic N) is 2. The zero-order valence-corrected chi connectivity index (χ0v) is 9.67. The third kappa shape index (κ3) is 2.84. The van der Waals surface area contributed by atoms with E-state index in [9.17, 15) is 8.42 Å². The second-order valence-electron chi connectivity index (χ2n) is 3.31. The lowest BCUT2D eigenvalue weighted by molar-refractivity contribution is 0.603. The molecule has 1 aromatic heterocycles. The van der Waals surface area contributed by atoms with Crippen molar-refractivity contribution in [3.05, 3.63) is 28.7 Å². The zero-order valence-electron chi connectivity index (χ0n) is 8.85. The van der Waals surface area contributed by atoms with Crippen molar-refractivity contribution < 1.29 is 8.42 Å². The van der Waals surface area contributed by atoms with E-state index in [1.54, 1.807) is 19.3 Å². The number of primary sulfonamides is 1. The summed E-state index contributed by atoms with van der Waals surface area (Å²) in [6.07, 6.45) is 3.25. The van der Waals surface area contributed by atoms with Crippen molar-refractivity contribution in [3.63, 3.8) is 0 Å². The molecule has 0 aliphatic heterocycles.